The van der Waals surface area contributed by atoms with Crippen molar-refractivity contribution in [1.29, 1.82) is 5.41 Å². The SMILES string of the molecule is COC(=O)c1ccccc1S(=O)(=O)N(/N=C/c1ccccc1)C(=N)N. The summed E-state index contributed by atoms with van der Waals surface area (Å²) in [6, 6.07) is 14.2. The fraction of sp³-hybridized carbons (Fsp3) is 0.0625. The maximum Gasteiger partial charge on any atom is 0.339 e. The number of carbonyl (C=O) groups excluding carboxylic acids is 1. The van der Waals surface area contributed by atoms with Gasteiger partial charge >= 0.3 is 5.97 Å². The van der Waals surface area contributed by atoms with Crippen LogP contribution in [0.5, 0.6) is 0 Å². The van der Waals surface area contributed by atoms with Crippen LogP contribution in [0.1, 0.15) is 15.9 Å². The number of nitrogens with one attached hydrogen (secondary N) is 1. The number of esters is 1. The Morgan fingerprint density at radius 3 is 2.36 bits per heavy atom. The summed E-state index contributed by atoms with van der Waals surface area (Å²) in [6.45, 7) is 0. The molecule has 0 radical (unpaired) electrons. The Kier molecular flexibility index (Phi) is 5.50. The minimum absolute atomic E-state index is 0.175. The summed E-state index contributed by atoms with van der Waals surface area (Å²) >= 11 is 0. The molecule has 0 bridgehead atoms. The molecule has 2 aromatic rings. The van der Waals surface area contributed by atoms with E-state index in [1.165, 1.54) is 30.5 Å². The fourth-order valence-corrected chi connectivity index (χ4v) is 3.27. The Labute approximate surface area is 145 Å². The van der Waals surface area contributed by atoms with Gasteiger partial charge in [-0.2, -0.15) is 13.5 Å². The summed E-state index contributed by atoms with van der Waals surface area (Å²) in [5, 5.41) is 11.3. The quantitative estimate of drug-likeness (QED) is 0.361. The monoisotopic (exact) mass is 360 g/mol. The van der Waals surface area contributed by atoms with Gasteiger partial charge in [-0.15, -0.1) is 4.41 Å². The van der Waals surface area contributed by atoms with E-state index in [2.05, 4.69) is 9.84 Å². The first-order chi connectivity index (χ1) is 11.9. The molecule has 0 spiro atoms. The minimum Gasteiger partial charge on any atom is -0.465 e. The molecular weight excluding hydrogens is 344 g/mol. The van der Waals surface area contributed by atoms with Crippen molar-refractivity contribution in [3.05, 3.63) is 65.7 Å². The molecule has 9 heteroatoms. The molecule has 0 heterocycles. The van der Waals surface area contributed by atoms with E-state index in [1.54, 1.807) is 30.3 Å². The minimum atomic E-state index is -4.37. The Morgan fingerprint density at radius 1 is 1.16 bits per heavy atom. The van der Waals surface area contributed by atoms with Crippen LogP contribution in [0.3, 0.4) is 0 Å². The third-order valence-corrected chi connectivity index (χ3v) is 4.77. The van der Waals surface area contributed by atoms with Gasteiger partial charge in [0.15, 0.2) is 0 Å². The largest absolute Gasteiger partial charge is 0.465 e. The van der Waals surface area contributed by atoms with E-state index in [9.17, 15) is 13.2 Å². The van der Waals surface area contributed by atoms with Crippen molar-refractivity contribution in [2.75, 3.05) is 7.11 Å². The van der Waals surface area contributed by atoms with E-state index in [0.29, 0.717) is 9.98 Å². The van der Waals surface area contributed by atoms with Gasteiger partial charge in [0.1, 0.15) is 4.90 Å². The van der Waals surface area contributed by atoms with Crippen LogP contribution in [0, 0.1) is 5.41 Å². The average Bonchev–Trinajstić information content (AvgIpc) is 2.61. The zero-order valence-corrected chi connectivity index (χ0v) is 14.1. The molecule has 0 aliphatic rings. The summed E-state index contributed by atoms with van der Waals surface area (Å²) in [5.41, 5.74) is 5.82. The van der Waals surface area contributed by atoms with E-state index in [0.717, 1.165) is 7.11 Å². The van der Waals surface area contributed by atoms with Crippen LogP contribution in [-0.2, 0) is 14.8 Å². The van der Waals surface area contributed by atoms with Crippen LogP contribution in [0.4, 0.5) is 0 Å². The van der Waals surface area contributed by atoms with E-state index in [1.807, 2.05) is 0 Å². The van der Waals surface area contributed by atoms with Crippen LogP contribution < -0.4 is 5.73 Å². The maximum absolute atomic E-state index is 12.8. The number of methoxy groups -OCH3 is 1. The molecule has 0 amide bonds. The first-order valence-corrected chi connectivity index (χ1v) is 8.47. The van der Waals surface area contributed by atoms with Gasteiger partial charge in [0.05, 0.1) is 18.9 Å². The third kappa shape index (κ3) is 4.01. The average molecular weight is 360 g/mol. The lowest BCUT2D eigenvalue weighted by molar-refractivity contribution is 0.0596. The number of hydrogen-bond acceptors (Lipinski definition) is 6. The predicted octanol–water partition coefficient (Wildman–Crippen LogP) is 1.39. The van der Waals surface area contributed by atoms with E-state index in [-0.39, 0.29) is 10.5 Å². The molecule has 0 saturated carbocycles. The van der Waals surface area contributed by atoms with Gasteiger partial charge in [-0.3, -0.25) is 5.41 Å². The van der Waals surface area contributed by atoms with Gasteiger partial charge in [0.25, 0.3) is 10.0 Å². The summed E-state index contributed by atoms with van der Waals surface area (Å²) < 4.78 is 30.6. The highest BCUT2D eigenvalue weighted by Gasteiger charge is 2.30. The van der Waals surface area contributed by atoms with E-state index >= 15 is 0 Å². The van der Waals surface area contributed by atoms with Crippen LogP contribution >= 0.6 is 0 Å². The number of benzene rings is 2. The van der Waals surface area contributed by atoms with Gasteiger partial charge in [-0.1, -0.05) is 42.5 Å². The van der Waals surface area contributed by atoms with Crippen LogP contribution in [0.15, 0.2) is 64.6 Å². The second kappa shape index (κ2) is 7.58. The summed E-state index contributed by atoms with van der Waals surface area (Å²) in [7, 11) is -3.23. The summed E-state index contributed by atoms with van der Waals surface area (Å²) in [5.74, 6) is -1.64. The zero-order chi connectivity index (χ0) is 18.4. The highest BCUT2D eigenvalue weighted by atomic mass is 32.2. The number of sulfonamides is 1. The fourth-order valence-electron chi connectivity index (χ4n) is 1.98. The smallest absolute Gasteiger partial charge is 0.339 e. The molecule has 25 heavy (non-hydrogen) atoms. The number of hydrogen-bond donors (Lipinski definition) is 2. The number of carbonyl (C=O) groups is 1. The second-order valence-electron chi connectivity index (χ2n) is 4.78. The van der Waals surface area contributed by atoms with Gasteiger partial charge in [0.2, 0.25) is 5.96 Å². The molecule has 8 nitrogen and oxygen atoms in total. The molecule has 2 rings (SSSR count). The number of nitrogens with zero attached hydrogens (tertiary/aromatic N) is 2. The predicted molar refractivity (Wildman–Crippen MR) is 92.8 cm³/mol. The number of hydrazone groups is 1. The molecule has 0 aliphatic carbocycles. The molecule has 0 saturated heterocycles. The van der Waals surface area contributed by atoms with Crippen molar-refractivity contribution >= 4 is 28.2 Å². The first-order valence-electron chi connectivity index (χ1n) is 7.03. The number of rotatable bonds is 5. The highest BCUT2D eigenvalue weighted by molar-refractivity contribution is 7.89. The third-order valence-electron chi connectivity index (χ3n) is 3.12. The molecule has 0 unspecified atom stereocenters. The Hall–Kier alpha value is -3.20. The van der Waals surface area contributed by atoms with Gasteiger partial charge in [-0.25, -0.2) is 4.79 Å². The number of ether oxygens (including phenoxy) is 1. The van der Waals surface area contributed by atoms with E-state index in [4.69, 9.17) is 11.1 Å². The van der Waals surface area contributed by atoms with Crippen LogP contribution in [0.25, 0.3) is 0 Å². The number of guanidine groups is 1. The molecule has 0 aliphatic heterocycles. The standard InChI is InChI=1S/C16H16N4O4S/c1-24-15(21)13-9-5-6-10-14(13)25(22,23)20(16(17)18)19-11-12-7-3-2-4-8-12/h2-11H,1H3,(H3,17,18)/b19-11+. The van der Waals surface area contributed by atoms with Crippen molar-refractivity contribution in [3.8, 4) is 0 Å². The lowest BCUT2D eigenvalue weighted by Gasteiger charge is -2.18. The Balaban J connectivity index is 2.50. The molecule has 2 aromatic carbocycles. The molecule has 3 N–H and O–H groups in total. The summed E-state index contributed by atoms with van der Waals surface area (Å²) in [4.78, 5) is 11.5. The van der Waals surface area contributed by atoms with Crippen molar-refractivity contribution < 1.29 is 17.9 Å². The van der Waals surface area contributed by atoms with Crippen molar-refractivity contribution in [3.63, 3.8) is 0 Å². The molecule has 0 atom stereocenters. The lowest BCUT2D eigenvalue weighted by Crippen LogP contribution is -2.38. The normalized spacial score (nSPS) is 11.2. The van der Waals surface area contributed by atoms with Gasteiger partial charge in [0, 0.05) is 0 Å². The zero-order valence-electron chi connectivity index (χ0n) is 13.3. The lowest BCUT2D eigenvalue weighted by atomic mass is 10.2. The second-order valence-corrected chi connectivity index (χ2v) is 6.51. The molecule has 0 fully saturated rings. The molecular formula is C16H16N4O4S. The summed E-state index contributed by atoms with van der Waals surface area (Å²) in [6.07, 6.45) is 1.25. The van der Waals surface area contributed by atoms with Crippen molar-refractivity contribution in [2.24, 2.45) is 10.8 Å². The van der Waals surface area contributed by atoms with Crippen molar-refractivity contribution in [2.45, 2.75) is 4.90 Å². The van der Waals surface area contributed by atoms with Crippen molar-refractivity contribution in [1.82, 2.24) is 4.41 Å². The van der Waals surface area contributed by atoms with Crippen LogP contribution in [0.2, 0.25) is 0 Å². The Morgan fingerprint density at radius 2 is 1.76 bits per heavy atom. The van der Waals surface area contributed by atoms with Crippen LogP contribution in [-0.4, -0.2) is 38.1 Å². The van der Waals surface area contributed by atoms with E-state index < -0.39 is 22.0 Å². The maximum atomic E-state index is 12.8. The topological polar surface area (TPSA) is 126 Å². The molecule has 0 aromatic heterocycles. The van der Waals surface area contributed by atoms with Gasteiger partial charge in [-0.05, 0) is 17.7 Å². The Bertz CT molecular complexity index is 911. The molecule has 130 valence electrons. The number of nitrogens with two attached hydrogens (primary N) is 1. The first kappa shape index (κ1) is 18.1. The highest BCUT2D eigenvalue weighted by Crippen LogP contribution is 2.21. The van der Waals surface area contributed by atoms with Gasteiger partial charge < -0.3 is 10.5 Å².